The van der Waals surface area contributed by atoms with Gasteiger partial charge in [-0.15, -0.1) is 0 Å². The molecule has 0 unspecified atom stereocenters. The van der Waals surface area contributed by atoms with Crippen molar-refractivity contribution < 1.29 is 14.3 Å². The Labute approximate surface area is 149 Å². The highest BCUT2D eigenvalue weighted by atomic mass is 16.5. The van der Waals surface area contributed by atoms with E-state index in [4.69, 9.17) is 4.74 Å². The number of hydrogen-bond acceptors (Lipinski definition) is 3. The zero-order chi connectivity index (χ0) is 18.2. The summed E-state index contributed by atoms with van der Waals surface area (Å²) in [5, 5.41) is 8.29. The molecule has 6 heteroatoms. The van der Waals surface area contributed by atoms with Gasteiger partial charge in [-0.25, -0.2) is 4.79 Å². The maximum absolute atomic E-state index is 12.2. The molecule has 1 aliphatic carbocycles. The lowest BCUT2D eigenvalue weighted by Crippen LogP contribution is -2.34. The maximum Gasteiger partial charge on any atom is 0.319 e. The Hall–Kier alpha value is -2.24. The zero-order valence-electron chi connectivity index (χ0n) is 15.4. The Balaban J connectivity index is 1.90. The molecule has 0 spiro atoms. The molecule has 0 bridgehead atoms. The van der Waals surface area contributed by atoms with Gasteiger partial charge in [0.05, 0.1) is 12.8 Å². The normalized spacial score (nSPS) is 19.8. The van der Waals surface area contributed by atoms with E-state index < -0.39 is 0 Å². The molecule has 138 valence electrons. The number of nitrogens with one attached hydrogen (secondary N) is 3. The molecule has 0 aromatic heterocycles. The summed E-state index contributed by atoms with van der Waals surface area (Å²) in [6, 6.07) is 4.67. The highest BCUT2D eigenvalue weighted by molar-refractivity contribution is 5.97. The van der Waals surface area contributed by atoms with Gasteiger partial charge >= 0.3 is 6.03 Å². The van der Waals surface area contributed by atoms with Crippen molar-refractivity contribution in [1.82, 2.24) is 10.6 Å². The van der Waals surface area contributed by atoms with Crippen molar-refractivity contribution in [1.29, 1.82) is 0 Å². The highest BCUT2D eigenvalue weighted by Crippen LogP contribution is 2.30. The number of amides is 3. The number of benzene rings is 1. The molecule has 1 fully saturated rings. The van der Waals surface area contributed by atoms with Crippen LogP contribution < -0.4 is 20.7 Å². The molecule has 0 saturated heterocycles. The predicted octanol–water partition coefficient (Wildman–Crippen LogP) is 3.39. The third kappa shape index (κ3) is 5.37. The Morgan fingerprint density at radius 2 is 1.84 bits per heavy atom. The Morgan fingerprint density at radius 3 is 2.44 bits per heavy atom. The van der Waals surface area contributed by atoms with Gasteiger partial charge in [0.15, 0.2) is 0 Å². The van der Waals surface area contributed by atoms with E-state index in [9.17, 15) is 9.59 Å². The van der Waals surface area contributed by atoms with Gasteiger partial charge in [-0.3, -0.25) is 4.79 Å². The van der Waals surface area contributed by atoms with Gasteiger partial charge < -0.3 is 20.7 Å². The van der Waals surface area contributed by atoms with Crippen molar-refractivity contribution in [2.75, 3.05) is 26.0 Å². The molecule has 3 N–H and O–H groups in total. The van der Waals surface area contributed by atoms with Gasteiger partial charge in [0, 0.05) is 19.2 Å². The van der Waals surface area contributed by atoms with Crippen LogP contribution in [-0.4, -0.2) is 32.6 Å². The van der Waals surface area contributed by atoms with Gasteiger partial charge in [-0.2, -0.15) is 0 Å². The summed E-state index contributed by atoms with van der Waals surface area (Å²) in [6.45, 7) is 2.93. The van der Waals surface area contributed by atoms with Crippen molar-refractivity contribution in [3.8, 4) is 5.75 Å². The number of ether oxygens (including phenoxy) is 1. The molecule has 1 saturated carbocycles. The molecule has 1 aliphatic rings. The largest absolute Gasteiger partial charge is 0.495 e. The molecule has 3 amide bonds. The molecule has 25 heavy (non-hydrogen) atoms. The van der Waals surface area contributed by atoms with Crippen molar-refractivity contribution in [3.05, 3.63) is 23.8 Å². The van der Waals surface area contributed by atoms with Crippen LogP contribution in [0.3, 0.4) is 0 Å². The van der Waals surface area contributed by atoms with E-state index in [2.05, 4.69) is 22.9 Å². The monoisotopic (exact) mass is 347 g/mol. The molecule has 1 aromatic carbocycles. The summed E-state index contributed by atoms with van der Waals surface area (Å²) < 4.78 is 5.26. The molecule has 0 atom stereocenters. The fourth-order valence-corrected chi connectivity index (χ4v) is 3.34. The van der Waals surface area contributed by atoms with E-state index in [1.165, 1.54) is 39.2 Å². The van der Waals surface area contributed by atoms with Crippen LogP contribution in [0, 0.1) is 11.8 Å². The fraction of sp³-hybridized carbons (Fsp3) is 0.579. The number of methoxy groups -OCH3 is 1. The maximum atomic E-state index is 12.2. The molecule has 0 heterocycles. The second kappa shape index (κ2) is 9.30. The Morgan fingerprint density at radius 1 is 1.16 bits per heavy atom. The van der Waals surface area contributed by atoms with Crippen molar-refractivity contribution in [2.24, 2.45) is 11.8 Å². The van der Waals surface area contributed by atoms with E-state index in [0.717, 1.165) is 5.92 Å². The average molecular weight is 347 g/mol. The molecular weight excluding hydrogens is 318 g/mol. The number of urea groups is 1. The minimum absolute atomic E-state index is 0.209. The summed E-state index contributed by atoms with van der Waals surface area (Å²) in [4.78, 5) is 24.0. The lowest BCUT2D eigenvalue weighted by Gasteiger charge is -2.27. The van der Waals surface area contributed by atoms with Crippen LogP contribution in [0.1, 0.15) is 49.4 Å². The van der Waals surface area contributed by atoms with Crippen LogP contribution in [0.5, 0.6) is 5.75 Å². The second-order valence-corrected chi connectivity index (χ2v) is 6.62. The van der Waals surface area contributed by atoms with E-state index in [0.29, 0.717) is 29.5 Å². The molecule has 0 aliphatic heterocycles. The molecule has 2 rings (SSSR count). The first-order valence-electron chi connectivity index (χ1n) is 9.02. The van der Waals surface area contributed by atoms with E-state index in [1.54, 1.807) is 25.2 Å². The zero-order valence-corrected chi connectivity index (χ0v) is 15.4. The number of carbonyl (C=O) groups is 2. The van der Waals surface area contributed by atoms with Crippen molar-refractivity contribution in [2.45, 2.75) is 39.0 Å². The third-order valence-corrected chi connectivity index (χ3v) is 5.03. The molecular formula is C19H29N3O3. The average Bonchev–Trinajstić information content (AvgIpc) is 2.66. The van der Waals surface area contributed by atoms with Crippen LogP contribution in [-0.2, 0) is 0 Å². The van der Waals surface area contributed by atoms with E-state index in [1.807, 2.05) is 0 Å². The standard InChI is InChI=1S/C19H29N3O3/c1-4-13-5-7-14(8-6-13)12-21-19(24)22-16-11-15(18(23)20-2)9-10-17(16)25-3/h9-11,13-14H,4-8,12H2,1-3H3,(H,20,23)(H2,21,22,24). The summed E-state index contributed by atoms with van der Waals surface area (Å²) in [5.41, 5.74) is 0.951. The molecule has 6 nitrogen and oxygen atoms in total. The highest BCUT2D eigenvalue weighted by Gasteiger charge is 2.20. The second-order valence-electron chi connectivity index (χ2n) is 6.62. The van der Waals surface area contributed by atoms with E-state index >= 15 is 0 Å². The first-order chi connectivity index (χ1) is 12.1. The molecule has 1 aromatic rings. The van der Waals surface area contributed by atoms with Gasteiger partial charge in [0.2, 0.25) is 0 Å². The third-order valence-electron chi connectivity index (χ3n) is 5.03. The minimum Gasteiger partial charge on any atom is -0.495 e. The first-order valence-corrected chi connectivity index (χ1v) is 9.02. The summed E-state index contributed by atoms with van der Waals surface area (Å²) >= 11 is 0. The number of hydrogen-bond donors (Lipinski definition) is 3. The smallest absolute Gasteiger partial charge is 0.319 e. The Bertz CT molecular complexity index is 596. The van der Waals surface area contributed by atoms with Crippen LogP contribution in [0.25, 0.3) is 0 Å². The van der Waals surface area contributed by atoms with Crippen LogP contribution >= 0.6 is 0 Å². The Kier molecular flexibility index (Phi) is 7.10. The van der Waals surface area contributed by atoms with Crippen LogP contribution in [0.2, 0.25) is 0 Å². The number of carbonyl (C=O) groups excluding carboxylic acids is 2. The van der Waals surface area contributed by atoms with Crippen molar-refractivity contribution in [3.63, 3.8) is 0 Å². The van der Waals surface area contributed by atoms with Gasteiger partial charge in [-0.1, -0.05) is 26.2 Å². The van der Waals surface area contributed by atoms with Crippen LogP contribution in [0.15, 0.2) is 18.2 Å². The van der Waals surface area contributed by atoms with Crippen molar-refractivity contribution >= 4 is 17.6 Å². The quantitative estimate of drug-likeness (QED) is 0.738. The fourth-order valence-electron chi connectivity index (χ4n) is 3.34. The number of rotatable bonds is 6. The number of anilines is 1. The first kappa shape index (κ1) is 19.1. The topological polar surface area (TPSA) is 79.5 Å². The lowest BCUT2D eigenvalue weighted by molar-refractivity contribution is 0.0963. The summed E-state index contributed by atoms with van der Waals surface area (Å²) in [5.74, 6) is 1.71. The van der Waals surface area contributed by atoms with Gasteiger partial charge in [0.1, 0.15) is 5.75 Å². The van der Waals surface area contributed by atoms with Crippen LogP contribution in [0.4, 0.5) is 10.5 Å². The van der Waals surface area contributed by atoms with Gasteiger partial charge in [0.25, 0.3) is 5.91 Å². The predicted molar refractivity (Wildman–Crippen MR) is 99.1 cm³/mol. The van der Waals surface area contributed by atoms with Gasteiger partial charge in [-0.05, 0) is 42.9 Å². The minimum atomic E-state index is -0.273. The summed E-state index contributed by atoms with van der Waals surface area (Å²) in [6.07, 6.45) is 6.11. The summed E-state index contributed by atoms with van der Waals surface area (Å²) in [7, 11) is 3.10. The lowest BCUT2D eigenvalue weighted by atomic mass is 9.81. The van der Waals surface area contributed by atoms with E-state index in [-0.39, 0.29) is 11.9 Å². The molecule has 0 radical (unpaired) electrons. The SMILES string of the molecule is CCC1CCC(CNC(=O)Nc2cc(C(=O)NC)ccc2OC)CC1.